The fourth-order valence-corrected chi connectivity index (χ4v) is 4.37. The molecule has 0 atom stereocenters. The van der Waals surface area contributed by atoms with Crippen LogP contribution in [0.5, 0.6) is 0 Å². The van der Waals surface area contributed by atoms with Crippen LogP contribution in [-0.4, -0.2) is 0 Å². The Morgan fingerprint density at radius 2 is 0.688 bits per heavy atom. The molecule has 5 aromatic rings. The van der Waals surface area contributed by atoms with E-state index in [4.69, 9.17) is 0 Å². The first kappa shape index (κ1) is 19.8. The maximum atomic E-state index is 3.92. The van der Waals surface area contributed by atoms with Crippen LogP contribution in [0.2, 0.25) is 0 Å². The van der Waals surface area contributed by atoms with Gasteiger partial charge in [-0.2, -0.15) is 0 Å². The molecule has 32 heavy (non-hydrogen) atoms. The molecule has 5 rings (SSSR count). The fourth-order valence-electron chi connectivity index (χ4n) is 4.37. The first-order valence-electron chi connectivity index (χ1n) is 11.0. The van der Waals surface area contributed by atoms with Crippen molar-refractivity contribution in [2.24, 2.45) is 0 Å². The van der Waals surface area contributed by atoms with Crippen molar-refractivity contribution in [3.05, 3.63) is 162 Å². The van der Waals surface area contributed by atoms with Gasteiger partial charge in [-0.25, -0.2) is 0 Å². The Balaban J connectivity index is 1.65. The van der Waals surface area contributed by atoms with Crippen LogP contribution in [0.3, 0.4) is 0 Å². The Kier molecular flexibility index (Phi) is 5.55. The first-order valence-corrected chi connectivity index (χ1v) is 11.0. The van der Waals surface area contributed by atoms with Crippen molar-refractivity contribution in [2.45, 2.75) is 5.54 Å². The monoisotopic (exact) mass is 411 g/mol. The van der Waals surface area contributed by atoms with Crippen molar-refractivity contribution >= 4 is 5.69 Å². The lowest BCUT2D eigenvalue weighted by molar-refractivity contribution is 0.712. The Bertz CT molecular complexity index is 1150. The largest absolute Gasteiger partial charge is 0.368 e. The molecule has 1 nitrogen and oxygen atoms in total. The molecule has 0 aromatic heterocycles. The van der Waals surface area contributed by atoms with Crippen LogP contribution in [0.15, 0.2) is 146 Å². The van der Waals surface area contributed by atoms with Crippen molar-refractivity contribution in [3.8, 4) is 11.1 Å². The summed E-state index contributed by atoms with van der Waals surface area (Å²) < 4.78 is 0. The van der Waals surface area contributed by atoms with Crippen molar-refractivity contribution in [3.63, 3.8) is 0 Å². The minimum atomic E-state index is -0.516. The van der Waals surface area contributed by atoms with E-state index in [1.807, 2.05) is 6.07 Å². The van der Waals surface area contributed by atoms with Crippen LogP contribution in [0, 0.1) is 0 Å². The number of anilines is 1. The van der Waals surface area contributed by atoms with Gasteiger partial charge in [-0.05, 0) is 39.9 Å². The third-order valence-electron chi connectivity index (χ3n) is 5.94. The molecule has 0 bridgehead atoms. The molecule has 0 amide bonds. The average Bonchev–Trinajstić information content (AvgIpc) is 2.90. The van der Waals surface area contributed by atoms with Gasteiger partial charge in [-0.1, -0.05) is 133 Å². The number of hydrogen-bond donors (Lipinski definition) is 1. The number of nitrogens with one attached hydrogen (secondary N) is 1. The van der Waals surface area contributed by atoms with Crippen LogP contribution in [0.1, 0.15) is 16.7 Å². The van der Waals surface area contributed by atoms with Crippen molar-refractivity contribution < 1.29 is 0 Å². The van der Waals surface area contributed by atoms with E-state index < -0.39 is 5.54 Å². The third-order valence-corrected chi connectivity index (χ3v) is 5.94. The molecular formula is C31H25N. The molecule has 0 aliphatic heterocycles. The second-order valence-corrected chi connectivity index (χ2v) is 7.92. The normalized spacial score (nSPS) is 11.1. The lowest BCUT2D eigenvalue weighted by Crippen LogP contribution is -2.38. The molecule has 0 spiro atoms. The lowest BCUT2D eigenvalue weighted by Gasteiger charge is -2.38. The van der Waals surface area contributed by atoms with E-state index in [0.717, 1.165) is 5.69 Å². The van der Waals surface area contributed by atoms with E-state index in [0.29, 0.717) is 0 Å². The molecule has 5 aromatic carbocycles. The molecule has 1 heteroatoms. The van der Waals surface area contributed by atoms with Gasteiger partial charge in [-0.3, -0.25) is 0 Å². The molecule has 0 heterocycles. The average molecular weight is 412 g/mol. The zero-order valence-electron chi connectivity index (χ0n) is 17.9. The number of hydrogen-bond acceptors (Lipinski definition) is 1. The number of benzene rings is 5. The van der Waals surface area contributed by atoms with Gasteiger partial charge in [0.05, 0.1) is 0 Å². The van der Waals surface area contributed by atoms with E-state index >= 15 is 0 Å². The van der Waals surface area contributed by atoms with Gasteiger partial charge >= 0.3 is 0 Å². The standard InChI is InChI=1S/C31H25N/c1-5-13-25(14-6-1)26-21-23-30(24-22-26)32-31(27-15-7-2-8-16-27,28-17-9-3-10-18-28)29-19-11-4-12-20-29/h1-24,32H. The maximum absolute atomic E-state index is 3.92. The van der Waals surface area contributed by atoms with E-state index in [2.05, 4.69) is 145 Å². The summed E-state index contributed by atoms with van der Waals surface area (Å²) in [6.07, 6.45) is 0. The summed E-state index contributed by atoms with van der Waals surface area (Å²) in [6, 6.07) is 51.2. The zero-order chi connectivity index (χ0) is 21.6. The molecule has 0 saturated heterocycles. The van der Waals surface area contributed by atoms with Crippen LogP contribution < -0.4 is 5.32 Å². The molecule has 0 aliphatic rings. The molecule has 0 radical (unpaired) electrons. The van der Waals surface area contributed by atoms with E-state index in [-0.39, 0.29) is 0 Å². The minimum absolute atomic E-state index is 0.516. The van der Waals surface area contributed by atoms with Gasteiger partial charge in [0.25, 0.3) is 0 Å². The SMILES string of the molecule is c1ccc(-c2ccc(NC(c3ccccc3)(c3ccccc3)c3ccccc3)cc2)cc1. The molecule has 154 valence electrons. The predicted octanol–water partition coefficient (Wildman–Crippen LogP) is 7.76. The zero-order valence-corrected chi connectivity index (χ0v) is 17.9. The van der Waals surface area contributed by atoms with Crippen molar-refractivity contribution in [1.82, 2.24) is 0 Å². The lowest BCUT2D eigenvalue weighted by atomic mass is 9.77. The summed E-state index contributed by atoms with van der Waals surface area (Å²) in [5, 5.41) is 3.92. The molecule has 0 aliphatic carbocycles. The van der Waals surface area contributed by atoms with E-state index in [1.54, 1.807) is 0 Å². The van der Waals surface area contributed by atoms with Crippen LogP contribution in [0.4, 0.5) is 5.69 Å². The molecule has 1 N–H and O–H groups in total. The summed E-state index contributed by atoms with van der Waals surface area (Å²) in [4.78, 5) is 0. The summed E-state index contributed by atoms with van der Waals surface area (Å²) >= 11 is 0. The second-order valence-electron chi connectivity index (χ2n) is 7.92. The predicted molar refractivity (Wildman–Crippen MR) is 135 cm³/mol. The fraction of sp³-hybridized carbons (Fsp3) is 0.0323. The van der Waals surface area contributed by atoms with Crippen molar-refractivity contribution in [2.75, 3.05) is 5.32 Å². The quantitative estimate of drug-likeness (QED) is 0.282. The van der Waals surface area contributed by atoms with E-state index in [1.165, 1.54) is 27.8 Å². The first-order chi connectivity index (χ1) is 15.9. The second kappa shape index (κ2) is 8.95. The molecule has 0 unspecified atom stereocenters. The summed E-state index contributed by atoms with van der Waals surface area (Å²) in [5.41, 5.74) is 6.58. The smallest absolute Gasteiger partial charge is 0.114 e. The summed E-state index contributed by atoms with van der Waals surface area (Å²) in [6.45, 7) is 0. The highest BCUT2D eigenvalue weighted by molar-refractivity contribution is 5.68. The van der Waals surface area contributed by atoms with Gasteiger partial charge in [0.2, 0.25) is 0 Å². The topological polar surface area (TPSA) is 12.0 Å². The maximum Gasteiger partial charge on any atom is 0.114 e. The number of rotatable bonds is 6. The Labute approximate surface area is 190 Å². The highest BCUT2D eigenvalue weighted by Gasteiger charge is 2.36. The Morgan fingerprint density at radius 3 is 1.09 bits per heavy atom. The van der Waals surface area contributed by atoms with Crippen LogP contribution in [0.25, 0.3) is 11.1 Å². The Morgan fingerprint density at radius 1 is 0.344 bits per heavy atom. The highest BCUT2D eigenvalue weighted by Crippen LogP contribution is 2.40. The molecule has 0 saturated carbocycles. The highest BCUT2D eigenvalue weighted by atomic mass is 15.0. The minimum Gasteiger partial charge on any atom is -0.368 e. The van der Waals surface area contributed by atoms with Crippen LogP contribution >= 0.6 is 0 Å². The third kappa shape index (κ3) is 3.81. The van der Waals surface area contributed by atoms with Gasteiger partial charge in [-0.15, -0.1) is 0 Å². The van der Waals surface area contributed by atoms with Gasteiger partial charge in [0.15, 0.2) is 0 Å². The van der Waals surface area contributed by atoms with E-state index in [9.17, 15) is 0 Å². The van der Waals surface area contributed by atoms with Gasteiger partial charge in [0.1, 0.15) is 5.54 Å². The summed E-state index contributed by atoms with van der Waals surface area (Å²) in [7, 11) is 0. The van der Waals surface area contributed by atoms with Crippen molar-refractivity contribution in [1.29, 1.82) is 0 Å². The molecule has 0 fully saturated rings. The van der Waals surface area contributed by atoms with Gasteiger partial charge < -0.3 is 5.32 Å². The van der Waals surface area contributed by atoms with Crippen LogP contribution in [-0.2, 0) is 5.54 Å². The molecular weight excluding hydrogens is 386 g/mol. The Hall–Kier alpha value is -4.10. The van der Waals surface area contributed by atoms with Gasteiger partial charge in [0, 0.05) is 5.69 Å². The summed E-state index contributed by atoms with van der Waals surface area (Å²) in [5.74, 6) is 0.